The third-order valence-corrected chi connectivity index (χ3v) is 3.35. The van der Waals surface area contributed by atoms with Gasteiger partial charge in [-0.1, -0.05) is 24.6 Å². The first-order valence-electron chi connectivity index (χ1n) is 7.12. The van der Waals surface area contributed by atoms with E-state index in [1.807, 2.05) is 6.08 Å². The molecule has 0 saturated carbocycles. The summed E-state index contributed by atoms with van der Waals surface area (Å²) in [6.45, 7) is -0.00239. The minimum Gasteiger partial charge on any atom is -0.442 e. The first-order chi connectivity index (χ1) is 9.78. The zero-order valence-electron chi connectivity index (χ0n) is 11.5. The van der Waals surface area contributed by atoms with Gasteiger partial charge in [0, 0.05) is 5.69 Å². The molecule has 1 unspecified atom stereocenters. The van der Waals surface area contributed by atoms with Gasteiger partial charge >= 0.3 is 6.09 Å². The van der Waals surface area contributed by atoms with Crippen LogP contribution in [0.1, 0.15) is 37.7 Å². The van der Waals surface area contributed by atoms with Crippen molar-refractivity contribution >= 4 is 11.8 Å². The second-order valence-corrected chi connectivity index (χ2v) is 4.99. The Kier molecular flexibility index (Phi) is 5.62. The number of hydrogen-bond acceptors (Lipinski definition) is 3. The molecule has 0 aromatic heterocycles. The quantitative estimate of drug-likeness (QED) is 0.828. The summed E-state index contributed by atoms with van der Waals surface area (Å²) in [6.07, 6.45) is 8.94. The van der Waals surface area contributed by atoms with Crippen LogP contribution in [0.25, 0.3) is 0 Å². The summed E-state index contributed by atoms with van der Waals surface area (Å²) in [4.78, 5) is 11.8. The van der Waals surface area contributed by atoms with Crippen LogP contribution in [-0.4, -0.2) is 17.3 Å². The van der Waals surface area contributed by atoms with Gasteiger partial charge in [-0.05, 0) is 49.5 Å². The normalized spacial score (nSPS) is 18.9. The van der Waals surface area contributed by atoms with E-state index in [4.69, 9.17) is 9.84 Å². The topological polar surface area (TPSA) is 58.6 Å². The second-order valence-electron chi connectivity index (χ2n) is 4.99. The molecule has 1 aliphatic carbocycles. The van der Waals surface area contributed by atoms with Crippen LogP contribution in [0.3, 0.4) is 0 Å². The van der Waals surface area contributed by atoms with Crippen molar-refractivity contribution in [3.8, 4) is 0 Å². The Labute approximate surface area is 119 Å². The molecule has 0 bridgehead atoms. The molecule has 0 fully saturated rings. The Hall–Kier alpha value is -1.81. The van der Waals surface area contributed by atoms with Gasteiger partial charge in [0.05, 0.1) is 6.61 Å². The van der Waals surface area contributed by atoms with E-state index in [1.54, 1.807) is 24.3 Å². The third kappa shape index (κ3) is 4.70. The smallest absolute Gasteiger partial charge is 0.412 e. The third-order valence-electron chi connectivity index (χ3n) is 3.35. The van der Waals surface area contributed by atoms with Gasteiger partial charge in [-0.15, -0.1) is 0 Å². The number of carbonyl (C=O) groups is 1. The lowest BCUT2D eigenvalue weighted by Gasteiger charge is -2.16. The van der Waals surface area contributed by atoms with Crippen molar-refractivity contribution < 1.29 is 14.6 Å². The molecule has 1 aromatic rings. The first-order valence-corrected chi connectivity index (χ1v) is 7.12. The van der Waals surface area contributed by atoms with Gasteiger partial charge in [0.15, 0.2) is 0 Å². The number of allylic oxidation sites excluding steroid dienone is 1. The summed E-state index contributed by atoms with van der Waals surface area (Å²) in [5.41, 5.74) is 1.48. The summed E-state index contributed by atoms with van der Waals surface area (Å²) in [5, 5.41) is 11.7. The monoisotopic (exact) mass is 275 g/mol. The maximum Gasteiger partial charge on any atom is 0.412 e. The molecule has 0 aliphatic heterocycles. The highest BCUT2D eigenvalue weighted by molar-refractivity contribution is 5.84. The first kappa shape index (κ1) is 14.6. The number of anilines is 1. The number of ether oxygens (including phenoxy) is 1. The van der Waals surface area contributed by atoms with Gasteiger partial charge in [0.2, 0.25) is 0 Å². The summed E-state index contributed by atoms with van der Waals surface area (Å²) in [6, 6.07) is 7.04. The van der Waals surface area contributed by atoms with E-state index < -0.39 is 6.09 Å². The predicted octanol–water partition coefficient (Wildman–Crippen LogP) is 3.62. The minimum atomic E-state index is -0.433. The maximum atomic E-state index is 11.8. The molecule has 4 nitrogen and oxygen atoms in total. The van der Waals surface area contributed by atoms with Crippen molar-refractivity contribution in [1.29, 1.82) is 0 Å². The number of hydrogen-bond donors (Lipinski definition) is 2. The zero-order valence-corrected chi connectivity index (χ0v) is 11.5. The molecular formula is C16H21NO3. The van der Waals surface area contributed by atoms with E-state index in [-0.39, 0.29) is 12.7 Å². The minimum absolute atomic E-state index is 0.00239. The van der Waals surface area contributed by atoms with Crippen molar-refractivity contribution in [1.82, 2.24) is 0 Å². The Morgan fingerprint density at radius 3 is 2.80 bits per heavy atom. The van der Waals surface area contributed by atoms with Crippen LogP contribution in [-0.2, 0) is 11.3 Å². The van der Waals surface area contributed by atoms with Crippen LogP contribution < -0.4 is 5.32 Å². The molecular weight excluding hydrogens is 254 g/mol. The van der Waals surface area contributed by atoms with Crippen LogP contribution >= 0.6 is 0 Å². The van der Waals surface area contributed by atoms with Crippen molar-refractivity contribution in [3.05, 3.63) is 42.0 Å². The molecule has 1 amide bonds. The summed E-state index contributed by atoms with van der Waals surface area (Å²) in [7, 11) is 0. The second kappa shape index (κ2) is 7.70. The predicted molar refractivity (Wildman–Crippen MR) is 78.5 cm³/mol. The van der Waals surface area contributed by atoms with Crippen molar-refractivity contribution in [3.63, 3.8) is 0 Å². The highest BCUT2D eigenvalue weighted by Gasteiger charge is 2.12. The molecule has 0 radical (unpaired) electrons. The summed E-state index contributed by atoms with van der Waals surface area (Å²) < 4.78 is 5.40. The van der Waals surface area contributed by atoms with Crippen LogP contribution in [0.2, 0.25) is 0 Å². The fourth-order valence-corrected chi connectivity index (χ4v) is 2.21. The number of benzene rings is 1. The lowest BCUT2D eigenvalue weighted by Crippen LogP contribution is -2.21. The lowest BCUT2D eigenvalue weighted by atomic mass is 10.0. The number of aliphatic hydroxyl groups is 1. The fraction of sp³-hybridized carbons (Fsp3) is 0.438. The van der Waals surface area contributed by atoms with E-state index in [2.05, 4.69) is 11.4 Å². The average Bonchev–Trinajstić information content (AvgIpc) is 2.42. The zero-order chi connectivity index (χ0) is 14.2. The van der Waals surface area contributed by atoms with Crippen LogP contribution in [0.15, 0.2) is 36.4 Å². The molecule has 1 atom stereocenters. The van der Waals surface area contributed by atoms with Gasteiger partial charge in [-0.25, -0.2) is 4.79 Å². The maximum absolute atomic E-state index is 11.8. The molecule has 0 saturated heterocycles. The van der Waals surface area contributed by atoms with Gasteiger partial charge < -0.3 is 9.84 Å². The number of aliphatic hydroxyl groups excluding tert-OH is 1. The van der Waals surface area contributed by atoms with Crippen LogP contribution in [0.5, 0.6) is 0 Å². The van der Waals surface area contributed by atoms with E-state index in [0.717, 1.165) is 24.8 Å². The number of nitrogens with one attached hydrogen (secondary N) is 1. The standard InChI is InChI=1S/C16H21NO3/c18-12-13-8-10-14(11-9-13)17-16(19)20-15-6-4-2-1-3-5-7-15/h4,6,8-11,15,18H,1-3,5,7,12H2,(H,17,19). The van der Waals surface area contributed by atoms with Crippen LogP contribution in [0, 0.1) is 0 Å². The van der Waals surface area contributed by atoms with E-state index in [9.17, 15) is 4.79 Å². The van der Waals surface area contributed by atoms with Gasteiger partial charge in [0.1, 0.15) is 6.10 Å². The Bertz CT molecular complexity index is 453. The van der Waals surface area contributed by atoms with Crippen LogP contribution in [0.4, 0.5) is 10.5 Å². The molecule has 2 rings (SSSR count). The highest BCUT2D eigenvalue weighted by Crippen LogP contribution is 2.15. The summed E-state index contributed by atoms with van der Waals surface area (Å²) in [5.74, 6) is 0. The van der Waals surface area contributed by atoms with E-state index in [0.29, 0.717) is 5.69 Å². The Morgan fingerprint density at radius 1 is 1.25 bits per heavy atom. The Morgan fingerprint density at radius 2 is 2.05 bits per heavy atom. The largest absolute Gasteiger partial charge is 0.442 e. The molecule has 1 aliphatic rings. The molecule has 4 heteroatoms. The van der Waals surface area contributed by atoms with Gasteiger partial charge in [-0.2, -0.15) is 0 Å². The molecule has 108 valence electrons. The van der Waals surface area contributed by atoms with Crippen molar-refractivity contribution in [2.45, 2.75) is 44.8 Å². The molecule has 20 heavy (non-hydrogen) atoms. The Balaban J connectivity index is 1.85. The SMILES string of the molecule is O=C(Nc1ccc(CO)cc1)OC1C=CCCCCC1. The van der Waals surface area contributed by atoms with E-state index in [1.165, 1.54) is 12.8 Å². The summed E-state index contributed by atoms with van der Waals surface area (Å²) >= 11 is 0. The molecule has 1 aromatic carbocycles. The van der Waals surface area contributed by atoms with Crippen molar-refractivity contribution in [2.75, 3.05) is 5.32 Å². The van der Waals surface area contributed by atoms with Gasteiger partial charge in [0.25, 0.3) is 0 Å². The number of carbonyl (C=O) groups excluding carboxylic acids is 1. The lowest BCUT2D eigenvalue weighted by molar-refractivity contribution is 0.127. The number of rotatable bonds is 3. The highest BCUT2D eigenvalue weighted by atomic mass is 16.6. The van der Waals surface area contributed by atoms with Gasteiger partial charge in [-0.3, -0.25) is 5.32 Å². The molecule has 0 heterocycles. The van der Waals surface area contributed by atoms with E-state index >= 15 is 0 Å². The molecule has 2 N–H and O–H groups in total. The number of amides is 1. The fourth-order valence-electron chi connectivity index (χ4n) is 2.21. The average molecular weight is 275 g/mol. The molecule has 0 spiro atoms. The van der Waals surface area contributed by atoms with Crippen molar-refractivity contribution in [2.24, 2.45) is 0 Å².